The van der Waals surface area contributed by atoms with Crippen LogP contribution < -0.4 is 10.5 Å². The van der Waals surface area contributed by atoms with Crippen LogP contribution in [0.15, 0.2) is 30.6 Å². The summed E-state index contributed by atoms with van der Waals surface area (Å²) in [5, 5.41) is 0.797. The number of hydrogen-bond acceptors (Lipinski definition) is 7. The average Bonchev–Trinajstić information content (AvgIpc) is 3.06. The fourth-order valence-corrected chi connectivity index (χ4v) is 3.88. The molecule has 1 saturated carbocycles. The molecule has 1 fully saturated rings. The first-order valence-corrected chi connectivity index (χ1v) is 9.08. The molecular weight excluding hydrogens is 322 g/mol. The maximum absolute atomic E-state index is 6.36. The second kappa shape index (κ2) is 6.78. The van der Waals surface area contributed by atoms with Gasteiger partial charge in [-0.3, -0.25) is 0 Å². The number of thiazole rings is 1. The van der Waals surface area contributed by atoms with E-state index in [-0.39, 0.29) is 6.10 Å². The summed E-state index contributed by atoms with van der Waals surface area (Å²) in [6, 6.07) is 5.64. The molecule has 1 atom stereocenters. The summed E-state index contributed by atoms with van der Waals surface area (Å²) in [6.07, 6.45) is 9.54. The van der Waals surface area contributed by atoms with Gasteiger partial charge in [-0.15, -0.1) is 0 Å². The summed E-state index contributed by atoms with van der Waals surface area (Å²) in [4.78, 5) is 18.5. The van der Waals surface area contributed by atoms with Crippen LogP contribution in [-0.2, 0) is 0 Å². The number of pyridine rings is 1. The summed E-state index contributed by atoms with van der Waals surface area (Å²) in [5.74, 6) is 0. The molecule has 1 unspecified atom stereocenters. The Morgan fingerprint density at radius 1 is 1.08 bits per heavy atom. The monoisotopic (exact) mass is 341 g/mol. The molecule has 0 spiro atoms. The predicted molar refractivity (Wildman–Crippen MR) is 93.0 cm³/mol. The van der Waals surface area contributed by atoms with Crippen molar-refractivity contribution in [3.63, 3.8) is 0 Å². The Bertz CT molecular complexity index is 797. The van der Waals surface area contributed by atoms with Crippen molar-refractivity contribution in [1.29, 1.82) is 0 Å². The molecule has 1 aliphatic carbocycles. The lowest BCUT2D eigenvalue weighted by Crippen LogP contribution is -2.21. The number of rotatable bonds is 4. The summed E-state index contributed by atoms with van der Waals surface area (Å²) in [6.45, 7) is 0. The van der Waals surface area contributed by atoms with Crippen molar-refractivity contribution in [3.8, 4) is 6.01 Å². The van der Waals surface area contributed by atoms with Gasteiger partial charge >= 0.3 is 6.01 Å². The van der Waals surface area contributed by atoms with Gasteiger partial charge in [0.25, 0.3) is 0 Å². The third-order valence-corrected chi connectivity index (χ3v) is 5.31. The third-order valence-electron chi connectivity index (χ3n) is 4.25. The van der Waals surface area contributed by atoms with Gasteiger partial charge in [-0.05, 0) is 43.9 Å². The first-order valence-electron chi connectivity index (χ1n) is 8.26. The van der Waals surface area contributed by atoms with Gasteiger partial charge in [0.2, 0.25) is 0 Å². The summed E-state index contributed by atoms with van der Waals surface area (Å²) >= 11 is 1.49. The molecule has 7 heteroatoms. The van der Waals surface area contributed by atoms with E-state index in [0.29, 0.717) is 6.01 Å². The van der Waals surface area contributed by atoms with Crippen molar-refractivity contribution in [2.45, 2.75) is 44.2 Å². The molecule has 24 heavy (non-hydrogen) atoms. The van der Waals surface area contributed by atoms with E-state index in [2.05, 4.69) is 19.9 Å². The smallest absolute Gasteiger partial charge is 0.316 e. The van der Waals surface area contributed by atoms with E-state index < -0.39 is 6.04 Å². The molecule has 0 radical (unpaired) electrons. The minimum absolute atomic E-state index is 0.219. The second-order valence-electron chi connectivity index (χ2n) is 6.00. The molecule has 6 nitrogen and oxygen atoms in total. The van der Waals surface area contributed by atoms with Crippen molar-refractivity contribution < 1.29 is 4.74 Å². The quantitative estimate of drug-likeness (QED) is 0.784. The predicted octanol–water partition coefficient (Wildman–Crippen LogP) is 3.24. The summed E-state index contributed by atoms with van der Waals surface area (Å²) < 4.78 is 5.93. The van der Waals surface area contributed by atoms with Gasteiger partial charge in [0.1, 0.15) is 27.5 Å². The maximum atomic E-state index is 6.36. The highest BCUT2D eigenvalue weighted by molar-refractivity contribution is 7.18. The highest BCUT2D eigenvalue weighted by atomic mass is 32.1. The summed E-state index contributed by atoms with van der Waals surface area (Å²) in [5.41, 5.74) is 7.94. The zero-order valence-corrected chi connectivity index (χ0v) is 14.1. The van der Waals surface area contributed by atoms with E-state index in [0.717, 1.165) is 33.9 Å². The van der Waals surface area contributed by atoms with Crippen molar-refractivity contribution in [3.05, 3.63) is 41.3 Å². The number of fused-ring (bicyclic) bond motifs is 1. The van der Waals surface area contributed by atoms with Crippen LogP contribution in [0.1, 0.15) is 48.8 Å². The maximum Gasteiger partial charge on any atom is 0.316 e. The minimum atomic E-state index is -0.402. The fraction of sp³-hybridized carbons (Fsp3) is 0.412. The Kier molecular flexibility index (Phi) is 4.36. The fourth-order valence-electron chi connectivity index (χ4n) is 2.96. The Morgan fingerprint density at radius 2 is 1.96 bits per heavy atom. The lowest BCUT2D eigenvalue weighted by Gasteiger charge is -2.22. The molecule has 4 rings (SSSR count). The van der Waals surface area contributed by atoms with Gasteiger partial charge in [0.15, 0.2) is 0 Å². The molecule has 3 aromatic heterocycles. The molecule has 3 heterocycles. The molecule has 0 aliphatic heterocycles. The normalized spacial score (nSPS) is 17.0. The zero-order chi connectivity index (χ0) is 16.4. The van der Waals surface area contributed by atoms with E-state index >= 15 is 0 Å². The average molecular weight is 341 g/mol. The molecule has 3 aromatic rings. The van der Waals surface area contributed by atoms with Crippen molar-refractivity contribution in [2.75, 3.05) is 0 Å². The first-order chi connectivity index (χ1) is 11.8. The van der Waals surface area contributed by atoms with E-state index in [9.17, 15) is 0 Å². The van der Waals surface area contributed by atoms with Crippen LogP contribution in [0.2, 0.25) is 0 Å². The third kappa shape index (κ3) is 3.22. The minimum Gasteiger partial charge on any atom is -0.460 e. The largest absolute Gasteiger partial charge is 0.460 e. The number of nitrogens with zero attached hydrogens (tertiary/aromatic N) is 4. The number of aromatic nitrogens is 4. The standard InChI is InChI=1S/C17H19N5OS/c18-14(16-21-13-7-4-9-19-15(13)24-16)12-8-10-20-17(22-12)23-11-5-2-1-3-6-11/h4,7-11,14H,1-3,5-6,18H2. The van der Waals surface area contributed by atoms with Crippen LogP contribution in [0.25, 0.3) is 10.3 Å². The Balaban J connectivity index is 1.55. The number of nitrogens with two attached hydrogens (primary N) is 1. The van der Waals surface area contributed by atoms with Gasteiger partial charge in [0, 0.05) is 12.4 Å². The van der Waals surface area contributed by atoms with Crippen LogP contribution in [0, 0.1) is 0 Å². The van der Waals surface area contributed by atoms with Gasteiger partial charge < -0.3 is 10.5 Å². The van der Waals surface area contributed by atoms with Gasteiger partial charge in [-0.1, -0.05) is 17.8 Å². The topological polar surface area (TPSA) is 86.8 Å². The SMILES string of the molecule is NC(c1ccnc(OC2CCCCC2)n1)c1nc2cccnc2s1. The zero-order valence-electron chi connectivity index (χ0n) is 13.3. The second-order valence-corrected chi connectivity index (χ2v) is 7.01. The lowest BCUT2D eigenvalue weighted by atomic mass is 9.98. The Labute approximate surface area is 144 Å². The van der Waals surface area contributed by atoms with Crippen LogP contribution in [0.4, 0.5) is 0 Å². The molecule has 1 aliphatic rings. The molecule has 0 saturated heterocycles. The molecular formula is C17H19N5OS. The molecule has 124 valence electrons. The Morgan fingerprint density at radius 3 is 2.79 bits per heavy atom. The van der Waals surface area contributed by atoms with E-state index in [4.69, 9.17) is 10.5 Å². The first kappa shape index (κ1) is 15.4. The van der Waals surface area contributed by atoms with Crippen molar-refractivity contribution in [2.24, 2.45) is 5.73 Å². The van der Waals surface area contributed by atoms with E-state index in [1.807, 2.05) is 18.2 Å². The van der Waals surface area contributed by atoms with E-state index in [1.54, 1.807) is 12.4 Å². The molecule has 2 N–H and O–H groups in total. The molecule has 0 aromatic carbocycles. The van der Waals surface area contributed by atoms with Crippen LogP contribution in [0.5, 0.6) is 6.01 Å². The summed E-state index contributed by atoms with van der Waals surface area (Å²) in [7, 11) is 0. The van der Waals surface area contributed by atoms with Gasteiger partial charge in [0.05, 0.1) is 5.69 Å². The molecule has 0 amide bonds. The van der Waals surface area contributed by atoms with Gasteiger partial charge in [-0.25, -0.2) is 15.0 Å². The lowest BCUT2D eigenvalue weighted by molar-refractivity contribution is 0.141. The van der Waals surface area contributed by atoms with Crippen LogP contribution in [0.3, 0.4) is 0 Å². The van der Waals surface area contributed by atoms with Crippen molar-refractivity contribution >= 4 is 21.7 Å². The highest BCUT2D eigenvalue weighted by Crippen LogP contribution is 2.27. The number of ether oxygens (including phenoxy) is 1. The van der Waals surface area contributed by atoms with Crippen molar-refractivity contribution in [1.82, 2.24) is 19.9 Å². The van der Waals surface area contributed by atoms with E-state index in [1.165, 1.54) is 30.6 Å². The number of hydrogen-bond donors (Lipinski definition) is 1. The van der Waals surface area contributed by atoms with Crippen LogP contribution >= 0.6 is 11.3 Å². The molecule has 0 bridgehead atoms. The highest BCUT2D eigenvalue weighted by Gasteiger charge is 2.19. The van der Waals surface area contributed by atoms with Crippen LogP contribution in [-0.4, -0.2) is 26.0 Å². The van der Waals surface area contributed by atoms with Gasteiger partial charge in [-0.2, -0.15) is 4.98 Å². The Hall–Kier alpha value is -2.12.